The number of likely N-dealkylation sites (tertiary alicyclic amines) is 1. The maximum absolute atomic E-state index is 11.7. The molecule has 9 nitrogen and oxygen atoms in total. The molecule has 0 spiro atoms. The third kappa shape index (κ3) is 6.38. The fourth-order valence-corrected chi connectivity index (χ4v) is 2.51. The van der Waals surface area contributed by atoms with Gasteiger partial charge in [-0.05, 0) is 52.7 Å². The Labute approximate surface area is 153 Å². The summed E-state index contributed by atoms with van der Waals surface area (Å²) in [6.45, 7) is 8.84. The fraction of sp³-hybridized carbons (Fsp3) is 0.647. The van der Waals surface area contributed by atoms with Gasteiger partial charge in [-0.25, -0.2) is 9.59 Å². The molecule has 2 rings (SSSR count). The van der Waals surface area contributed by atoms with Gasteiger partial charge in [-0.3, -0.25) is 5.32 Å². The number of rotatable bonds is 4. The molecule has 0 radical (unpaired) electrons. The van der Waals surface area contributed by atoms with E-state index in [1.165, 1.54) is 0 Å². The van der Waals surface area contributed by atoms with Gasteiger partial charge in [0.2, 0.25) is 0 Å². The van der Waals surface area contributed by atoms with Crippen molar-refractivity contribution in [3.8, 4) is 0 Å². The van der Waals surface area contributed by atoms with Crippen molar-refractivity contribution in [1.29, 1.82) is 0 Å². The van der Waals surface area contributed by atoms with Crippen LogP contribution in [0.25, 0.3) is 0 Å². The smallest absolute Gasteiger partial charge is 0.413 e. The third-order valence-corrected chi connectivity index (χ3v) is 3.67. The average Bonchev–Trinajstić information content (AvgIpc) is 2.56. The van der Waals surface area contributed by atoms with Crippen LogP contribution in [0.4, 0.5) is 21.2 Å². The van der Waals surface area contributed by atoms with Crippen LogP contribution in [0.1, 0.15) is 40.5 Å². The van der Waals surface area contributed by atoms with Crippen molar-refractivity contribution in [2.75, 3.05) is 30.3 Å². The molecular weight excluding hydrogens is 338 g/mol. The molecule has 9 heteroatoms. The number of carbonyl (C=O) groups excluding carboxylic acids is 2. The van der Waals surface area contributed by atoms with Gasteiger partial charge in [-0.15, -0.1) is 10.2 Å². The number of piperidine rings is 1. The number of anilines is 2. The van der Waals surface area contributed by atoms with E-state index in [-0.39, 0.29) is 12.1 Å². The normalized spacial score (nSPS) is 15.3. The van der Waals surface area contributed by atoms with Gasteiger partial charge in [0, 0.05) is 19.1 Å². The number of hydrogen-bond acceptors (Lipinski definition) is 7. The maximum atomic E-state index is 11.7. The van der Waals surface area contributed by atoms with E-state index >= 15 is 0 Å². The van der Waals surface area contributed by atoms with Crippen molar-refractivity contribution in [2.24, 2.45) is 0 Å². The zero-order valence-electron chi connectivity index (χ0n) is 15.7. The third-order valence-electron chi connectivity index (χ3n) is 3.67. The zero-order chi connectivity index (χ0) is 19.2. The van der Waals surface area contributed by atoms with Gasteiger partial charge in [-0.1, -0.05) is 0 Å². The van der Waals surface area contributed by atoms with Crippen molar-refractivity contribution in [3.05, 3.63) is 12.1 Å². The van der Waals surface area contributed by atoms with Crippen LogP contribution >= 0.6 is 0 Å². The summed E-state index contributed by atoms with van der Waals surface area (Å²) < 4.78 is 10.2. The van der Waals surface area contributed by atoms with E-state index in [4.69, 9.17) is 9.47 Å². The first-order chi connectivity index (χ1) is 12.3. The van der Waals surface area contributed by atoms with E-state index in [0.29, 0.717) is 31.3 Å². The molecule has 1 saturated heterocycles. The van der Waals surface area contributed by atoms with Gasteiger partial charge in [0.1, 0.15) is 11.4 Å². The van der Waals surface area contributed by atoms with Crippen LogP contribution in [0.2, 0.25) is 0 Å². The van der Waals surface area contributed by atoms with Crippen LogP contribution in [-0.2, 0) is 9.47 Å². The quantitative estimate of drug-likeness (QED) is 0.845. The second-order valence-corrected chi connectivity index (χ2v) is 7.04. The van der Waals surface area contributed by atoms with Crippen molar-refractivity contribution in [2.45, 2.75) is 52.2 Å². The number of nitrogens with one attached hydrogen (secondary N) is 2. The van der Waals surface area contributed by atoms with Gasteiger partial charge in [0.15, 0.2) is 5.82 Å². The summed E-state index contributed by atoms with van der Waals surface area (Å²) in [5, 5.41) is 13.9. The van der Waals surface area contributed by atoms with E-state index in [1.807, 2.05) is 0 Å². The Morgan fingerprint density at radius 3 is 2.35 bits per heavy atom. The predicted molar refractivity (Wildman–Crippen MR) is 97.1 cm³/mol. The van der Waals surface area contributed by atoms with Crippen LogP contribution < -0.4 is 10.6 Å². The molecule has 1 fully saturated rings. The fourth-order valence-electron chi connectivity index (χ4n) is 2.51. The van der Waals surface area contributed by atoms with Crippen LogP contribution in [0.3, 0.4) is 0 Å². The van der Waals surface area contributed by atoms with E-state index < -0.39 is 11.7 Å². The van der Waals surface area contributed by atoms with Gasteiger partial charge in [0.05, 0.1) is 6.61 Å². The number of hydrogen-bond donors (Lipinski definition) is 2. The Morgan fingerprint density at radius 1 is 1.19 bits per heavy atom. The molecule has 0 atom stereocenters. The Hall–Kier alpha value is -2.58. The second-order valence-electron chi connectivity index (χ2n) is 7.04. The van der Waals surface area contributed by atoms with Crippen LogP contribution in [0.15, 0.2) is 12.1 Å². The highest BCUT2D eigenvalue weighted by Crippen LogP contribution is 2.16. The molecule has 0 aromatic carbocycles. The Balaban J connectivity index is 1.79. The molecule has 0 aliphatic carbocycles. The molecule has 1 aromatic heterocycles. The zero-order valence-corrected chi connectivity index (χ0v) is 15.7. The maximum Gasteiger partial charge on any atom is 0.413 e. The topological polar surface area (TPSA) is 106 Å². The minimum atomic E-state index is -0.572. The molecule has 0 saturated carbocycles. The lowest BCUT2D eigenvalue weighted by molar-refractivity contribution is 0.0635. The monoisotopic (exact) mass is 365 g/mol. The number of nitrogens with zero attached hydrogens (tertiary/aromatic N) is 3. The van der Waals surface area contributed by atoms with E-state index in [2.05, 4.69) is 20.8 Å². The molecule has 2 amide bonds. The van der Waals surface area contributed by atoms with E-state index in [9.17, 15) is 9.59 Å². The standard InChI is InChI=1S/C17H27N5O4/c1-5-25-16(24)22-10-8-12(9-11-22)18-13-6-7-14(21-20-13)19-15(23)26-17(2,3)4/h6-7,12H,5,8-11H2,1-4H3,(H,18,20)(H,19,21,23). The lowest BCUT2D eigenvalue weighted by Gasteiger charge is -2.31. The van der Waals surface area contributed by atoms with Crippen LogP contribution in [0, 0.1) is 0 Å². The SMILES string of the molecule is CCOC(=O)N1CCC(Nc2ccc(NC(=O)OC(C)(C)C)nn2)CC1. The lowest BCUT2D eigenvalue weighted by Crippen LogP contribution is -2.42. The lowest BCUT2D eigenvalue weighted by atomic mass is 10.1. The van der Waals surface area contributed by atoms with Crippen molar-refractivity contribution < 1.29 is 19.1 Å². The first-order valence-corrected chi connectivity index (χ1v) is 8.79. The summed E-state index contributed by atoms with van der Waals surface area (Å²) in [6.07, 6.45) is 0.777. The summed E-state index contributed by atoms with van der Waals surface area (Å²) in [6, 6.07) is 3.62. The molecule has 2 heterocycles. The molecule has 1 aliphatic heterocycles. The summed E-state index contributed by atoms with van der Waals surface area (Å²) in [7, 11) is 0. The number of aromatic nitrogens is 2. The van der Waals surface area contributed by atoms with Crippen molar-refractivity contribution >= 4 is 23.8 Å². The Morgan fingerprint density at radius 2 is 1.81 bits per heavy atom. The first kappa shape index (κ1) is 19.7. The Kier molecular flexibility index (Phi) is 6.59. The highest BCUT2D eigenvalue weighted by molar-refractivity contribution is 5.83. The summed E-state index contributed by atoms with van der Waals surface area (Å²) in [5.74, 6) is 0.941. The average molecular weight is 365 g/mol. The molecule has 26 heavy (non-hydrogen) atoms. The predicted octanol–water partition coefficient (Wildman–Crippen LogP) is 2.86. The highest BCUT2D eigenvalue weighted by Gasteiger charge is 2.23. The second kappa shape index (κ2) is 8.68. The van der Waals surface area contributed by atoms with E-state index in [0.717, 1.165) is 12.8 Å². The molecule has 2 N–H and O–H groups in total. The first-order valence-electron chi connectivity index (χ1n) is 8.79. The highest BCUT2D eigenvalue weighted by atomic mass is 16.6. The number of amides is 2. The van der Waals surface area contributed by atoms with E-state index in [1.54, 1.807) is 44.7 Å². The number of ether oxygens (including phenoxy) is 2. The molecule has 0 unspecified atom stereocenters. The largest absolute Gasteiger partial charge is 0.450 e. The van der Waals surface area contributed by atoms with Crippen LogP contribution in [0.5, 0.6) is 0 Å². The van der Waals surface area contributed by atoms with Gasteiger partial charge < -0.3 is 19.7 Å². The molecule has 0 bridgehead atoms. The minimum absolute atomic E-state index is 0.208. The Bertz CT molecular complexity index is 607. The molecule has 144 valence electrons. The van der Waals surface area contributed by atoms with Crippen molar-refractivity contribution in [1.82, 2.24) is 15.1 Å². The molecule has 1 aromatic rings. The summed E-state index contributed by atoms with van der Waals surface area (Å²) in [4.78, 5) is 25.1. The molecule has 1 aliphatic rings. The van der Waals surface area contributed by atoms with Crippen LogP contribution in [-0.4, -0.2) is 58.6 Å². The van der Waals surface area contributed by atoms with Gasteiger partial charge in [-0.2, -0.15) is 0 Å². The number of carbonyl (C=O) groups is 2. The minimum Gasteiger partial charge on any atom is -0.450 e. The molecular formula is C17H27N5O4. The van der Waals surface area contributed by atoms with Gasteiger partial charge >= 0.3 is 12.2 Å². The van der Waals surface area contributed by atoms with Gasteiger partial charge in [0.25, 0.3) is 0 Å². The summed E-state index contributed by atoms with van der Waals surface area (Å²) >= 11 is 0. The summed E-state index contributed by atoms with van der Waals surface area (Å²) in [5.41, 5.74) is -0.572. The van der Waals surface area contributed by atoms with Crippen molar-refractivity contribution in [3.63, 3.8) is 0 Å².